The zero-order valence-corrected chi connectivity index (χ0v) is 49.4. The van der Waals surface area contributed by atoms with Crippen molar-refractivity contribution in [2.75, 3.05) is 39.5 Å². The third-order valence-corrected chi connectivity index (χ3v) is 2.99. The minimum atomic E-state index is -6.58. The summed E-state index contributed by atoms with van der Waals surface area (Å²) in [7, 11) is -8.58. The van der Waals surface area contributed by atoms with E-state index >= 15 is 0 Å². The van der Waals surface area contributed by atoms with Crippen LogP contribution in [-0.2, 0) is 38.1 Å². The van der Waals surface area contributed by atoms with Crippen LogP contribution in [0.4, 0.5) is 74.6 Å². The van der Waals surface area contributed by atoms with Crippen LogP contribution >= 0.6 is 15.9 Å². The first-order valence-corrected chi connectivity index (χ1v) is 11.5. The molecule has 0 radical (unpaired) electrons. The summed E-state index contributed by atoms with van der Waals surface area (Å²) in [6.45, 7) is 2.69. The molecule has 0 aliphatic heterocycles. The molecule has 0 aromatic heterocycles. The van der Waals surface area contributed by atoms with Gasteiger partial charge in [0.05, 0.1) is 30.3 Å². The summed E-state index contributed by atoms with van der Waals surface area (Å²) in [6.07, 6.45) is -21.1. The fourth-order valence-electron chi connectivity index (χ4n) is 0.715. The van der Waals surface area contributed by atoms with Crippen molar-refractivity contribution < 1.29 is 378 Å². The van der Waals surface area contributed by atoms with Crippen molar-refractivity contribution in [2.45, 2.75) is 52.2 Å². The average molecular weight is 1250 g/mol. The van der Waals surface area contributed by atoms with Crippen molar-refractivity contribution in [3.8, 4) is 0 Å². The van der Waals surface area contributed by atoms with Gasteiger partial charge in [0.1, 0.15) is 5.33 Å². The Kier molecular flexibility index (Phi) is 92.6. The monoisotopic (exact) mass is 1250 g/mol. The Morgan fingerprint density at radius 3 is 1.04 bits per heavy atom. The number of hydrogen-bond donors (Lipinski definition) is 0. The Bertz CT molecular complexity index is 825. The van der Waals surface area contributed by atoms with Crippen LogP contribution in [0.5, 0.6) is 0 Å². The van der Waals surface area contributed by atoms with Gasteiger partial charge in [-0.1, -0.05) is 23.4 Å². The van der Waals surface area contributed by atoms with Crippen molar-refractivity contribution in [3.05, 3.63) is 0 Å². The van der Waals surface area contributed by atoms with E-state index in [0.29, 0.717) is 11.9 Å². The van der Waals surface area contributed by atoms with Gasteiger partial charge < -0.3 is 41.4 Å². The van der Waals surface area contributed by atoms with E-state index in [1.807, 2.05) is 4.18 Å². The molecule has 0 bridgehead atoms. The first kappa shape index (κ1) is 88.0. The Hall–Kier alpha value is 5.65. The Morgan fingerprint density at radius 1 is 0.686 bits per heavy atom. The predicted molar refractivity (Wildman–Crippen MR) is 114 cm³/mol. The second-order valence-electron chi connectivity index (χ2n) is 4.80. The molecule has 10 nitrogen and oxygen atoms in total. The van der Waals surface area contributed by atoms with Gasteiger partial charge in [0, 0.05) is 0 Å². The van der Waals surface area contributed by atoms with Crippen molar-refractivity contribution in [3.63, 3.8) is 0 Å². The maximum absolute atomic E-state index is 11.2. The van der Waals surface area contributed by atoms with E-state index < -0.39 is 68.0 Å². The number of esters is 2. The van der Waals surface area contributed by atoms with Gasteiger partial charge in [0.15, 0.2) is 6.61 Å². The quantitative estimate of drug-likeness (QED) is 0.0826. The van der Waals surface area contributed by atoms with Gasteiger partial charge in [-0.15, -0.1) is 26.3 Å². The average Bonchev–Trinajstić information content (AvgIpc) is 2.75. The maximum atomic E-state index is 11.2. The van der Waals surface area contributed by atoms with E-state index in [4.69, 9.17) is 13.0 Å². The molecule has 0 N–H and O–H groups in total. The van der Waals surface area contributed by atoms with Crippen LogP contribution in [-0.4, -0.2) is 90.8 Å². The van der Waals surface area contributed by atoms with Gasteiger partial charge in [-0.3, -0.25) is 18.3 Å². The first-order chi connectivity index (χ1) is 20.0. The van der Waals surface area contributed by atoms with E-state index in [2.05, 4.69) is 30.1 Å². The van der Waals surface area contributed by atoms with Crippen LogP contribution < -0.4 is 265 Å². The predicted octanol–water partition coefficient (Wildman–Crippen LogP) is -13.0. The van der Waals surface area contributed by atoms with Gasteiger partial charge in [-0.25, -0.2) is 4.79 Å². The number of hydrogen-bond acceptors (Lipinski definition) is 10. The van der Waals surface area contributed by atoms with Gasteiger partial charge >= 0.3 is 286 Å². The third-order valence-electron chi connectivity index (χ3n) is 1.56. The zero-order chi connectivity index (χ0) is 39.2. The molecule has 0 fully saturated rings. The topological polar surface area (TPSA) is 151 Å². The summed E-state index contributed by atoms with van der Waals surface area (Å²) in [4.78, 5) is 20.4. The number of ether oxygens (including phenoxy) is 3. The number of carbonyl (C=O) groups excluding carboxylic acids is 2. The maximum Gasteiger partial charge on any atom is 1.00 e. The molecule has 0 aromatic rings. The summed E-state index contributed by atoms with van der Waals surface area (Å²) in [5.74, 6) is -1.23. The number of carbonyl (C=O) groups is 2. The fourth-order valence-corrected chi connectivity index (χ4v) is 1.22. The molecule has 0 unspecified atom stereocenters. The Morgan fingerprint density at radius 2 is 0.922 bits per heavy atom. The molecule has 0 heterocycles. The van der Waals surface area contributed by atoms with Gasteiger partial charge in [0.2, 0.25) is 0 Å². The molecule has 298 valence electrons. The zero-order valence-electron chi connectivity index (χ0n) is 27.8. The van der Waals surface area contributed by atoms with Crippen LogP contribution in [0, 0.1) is 0 Å². The molecule has 51 heavy (non-hydrogen) atoms. The molecule has 35 heteroatoms. The Balaban J connectivity index is -0.0000000287. The standard InChI is InChI=1S/C5H7F3O3.C4H7BrO2.C2F6O3S.2CF3O.2CH3F.CH4.BrH.FH.4Rb/c1-2-10-4(9)3-11-5(6,7)8;1-2-7-4(6)3-5;3-1(4,5)11-12(9,10)2(6,7)8;2*2-1(3,4)5;2*1-2;;;;;;;/h2-3H2,1H3;2-3H2,1H3;;;;2*1H3;1H4;2*1H;;;;/q;;;2*-1;;;;;;4*+1/p-2/i;;;;;2*1D;;;;;;;. The molecular formula is C16H24Br2F18O10Rb4S. The van der Waals surface area contributed by atoms with E-state index in [-0.39, 0.29) is 274 Å². The summed E-state index contributed by atoms with van der Waals surface area (Å²) in [5, 5.41) is 16.5. The van der Waals surface area contributed by atoms with Crippen LogP contribution in [0.25, 0.3) is 0 Å². The van der Waals surface area contributed by atoms with Crippen LogP contribution in [0.15, 0.2) is 0 Å². The molecule has 0 aromatic carbocycles. The van der Waals surface area contributed by atoms with E-state index in [9.17, 15) is 92.6 Å². The first-order valence-electron chi connectivity index (χ1n) is 10.4. The smallest absolute Gasteiger partial charge is 1.00 e. The molecule has 0 aliphatic rings. The molecule has 0 saturated heterocycles. The summed E-state index contributed by atoms with van der Waals surface area (Å²) in [6, 6.07) is 0. The van der Waals surface area contributed by atoms with Gasteiger partial charge in [-0.2, -0.15) is 52.1 Å². The molecule has 0 spiro atoms. The molecule has 0 aliphatic carbocycles. The van der Waals surface area contributed by atoms with Gasteiger partial charge in [-0.05, 0) is 13.8 Å². The second-order valence-corrected chi connectivity index (χ2v) is 6.90. The summed E-state index contributed by atoms with van der Waals surface area (Å²) >= 11 is 2.94. The van der Waals surface area contributed by atoms with Crippen LogP contribution in [0.3, 0.4) is 0 Å². The van der Waals surface area contributed by atoms with E-state index in [1.54, 1.807) is 6.92 Å². The third kappa shape index (κ3) is 133. The van der Waals surface area contributed by atoms with Crippen molar-refractivity contribution in [1.82, 2.24) is 0 Å². The van der Waals surface area contributed by atoms with Crippen molar-refractivity contribution in [1.29, 1.82) is 0 Å². The summed E-state index contributed by atoms with van der Waals surface area (Å²) in [5.41, 5.74) is -6.07. The minimum absolute atomic E-state index is 0. The van der Waals surface area contributed by atoms with Crippen LogP contribution in [0.2, 0.25) is 0 Å². The molecule has 0 rings (SSSR count). The number of rotatable bonds is 6. The minimum Gasteiger partial charge on any atom is -1.00 e. The van der Waals surface area contributed by atoms with Crippen LogP contribution in [0.1, 0.15) is 24.0 Å². The number of alkyl halides is 18. The molecule has 0 amide bonds. The SMILES string of the molecule is C.CCOC(=O)CBr.CCOC(=O)COC(F)(F)F.O=S(=O)(OC(F)(F)F)C(F)(F)F.[2H]CF.[2H]CF.[Br-].[F-].[O-]C(F)(F)F.[O-]C(F)(F)F.[Rb+].[Rb+].[Rb+].[Rb+]. The van der Waals surface area contributed by atoms with E-state index in [1.165, 1.54) is 6.92 Å². The number of halogens is 20. The normalized spacial score (nSPS) is 10.2. The van der Waals surface area contributed by atoms with E-state index in [0.717, 1.165) is 0 Å². The van der Waals surface area contributed by atoms with Gasteiger partial charge in [0.25, 0.3) is 0 Å². The van der Waals surface area contributed by atoms with Crippen molar-refractivity contribution >= 4 is 38.0 Å². The molecule has 0 atom stereocenters. The Labute approximate surface area is 496 Å². The molecule has 0 saturated carbocycles. The molecular weight excluding hydrogens is 1230 g/mol. The summed E-state index contributed by atoms with van der Waals surface area (Å²) < 4.78 is 223. The fraction of sp³-hybridized carbons (Fsp3) is 0.875. The second kappa shape index (κ2) is 53.7. The largest absolute Gasteiger partial charge is 1.00 e. The van der Waals surface area contributed by atoms with Crippen molar-refractivity contribution in [2.24, 2.45) is 0 Å².